The number of phenols is 1. The number of phenolic OH excluding ortho intramolecular Hbond substituents is 1. The number of aromatic nitrogens is 2. The van der Waals surface area contributed by atoms with Crippen molar-refractivity contribution in [3.05, 3.63) is 56.5 Å². The number of aromatic hydroxyl groups is 1. The van der Waals surface area contributed by atoms with E-state index in [1.54, 1.807) is 23.7 Å². The molecule has 0 aliphatic heterocycles. The van der Waals surface area contributed by atoms with Crippen LogP contribution in [-0.2, 0) is 0 Å². The molecule has 0 unspecified atom stereocenters. The van der Waals surface area contributed by atoms with E-state index in [1.165, 1.54) is 17.4 Å². The minimum absolute atomic E-state index is 0.0668. The lowest BCUT2D eigenvalue weighted by molar-refractivity contribution is 0.102. The minimum atomic E-state index is -0.663. The summed E-state index contributed by atoms with van der Waals surface area (Å²) in [4.78, 5) is 20.9. The molecular formula is C15H8Cl3N3O2S. The van der Waals surface area contributed by atoms with E-state index in [1.807, 2.05) is 6.07 Å². The van der Waals surface area contributed by atoms with Gasteiger partial charge in [-0.25, -0.2) is 4.98 Å². The van der Waals surface area contributed by atoms with Crippen LogP contribution in [0.1, 0.15) is 10.4 Å². The van der Waals surface area contributed by atoms with E-state index in [0.29, 0.717) is 16.5 Å². The zero-order valence-electron chi connectivity index (χ0n) is 11.8. The van der Waals surface area contributed by atoms with Gasteiger partial charge in [0.25, 0.3) is 5.91 Å². The van der Waals surface area contributed by atoms with Crippen LogP contribution in [0.25, 0.3) is 11.4 Å². The summed E-state index contributed by atoms with van der Waals surface area (Å²) in [6.45, 7) is 0. The monoisotopic (exact) mass is 399 g/mol. The summed E-state index contributed by atoms with van der Waals surface area (Å²) in [6, 6.07) is 6.71. The first-order chi connectivity index (χ1) is 11.5. The molecule has 0 saturated carbocycles. The fourth-order valence-corrected chi connectivity index (χ4v) is 3.31. The zero-order valence-corrected chi connectivity index (χ0v) is 14.8. The molecule has 0 bridgehead atoms. The Balaban J connectivity index is 1.88. The highest BCUT2D eigenvalue weighted by molar-refractivity contribution is 7.14. The van der Waals surface area contributed by atoms with Gasteiger partial charge in [0, 0.05) is 11.6 Å². The molecule has 1 amide bonds. The molecule has 0 radical (unpaired) electrons. The van der Waals surface area contributed by atoms with Crippen molar-refractivity contribution in [1.82, 2.24) is 9.97 Å². The van der Waals surface area contributed by atoms with E-state index in [-0.39, 0.29) is 20.6 Å². The average Bonchev–Trinajstić information content (AvgIpc) is 3.02. The van der Waals surface area contributed by atoms with Crippen LogP contribution >= 0.6 is 46.1 Å². The van der Waals surface area contributed by atoms with Crippen molar-refractivity contribution in [2.75, 3.05) is 5.32 Å². The Hall–Kier alpha value is -1.86. The molecule has 0 aliphatic carbocycles. The van der Waals surface area contributed by atoms with Crippen LogP contribution in [0.2, 0.25) is 15.1 Å². The maximum Gasteiger partial charge on any atom is 0.262 e. The molecule has 1 aromatic carbocycles. The summed E-state index contributed by atoms with van der Waals surface area (Å²) in [6.07, 6.45) is 1.65. The highest BCUT2D eigenvalue weighted by Crippen LogP contribution is 2.38. The number of halogens is 3. The van der Waals surface area contributed by atoms with Gasteiger partial charge in [-0.15, -0.1) is 11.3 Å². The standard InChI is InChI=1S/C15H8Cl3N3O2S/c16-7-5-8(17)13(22)11(12(7)18)14(23)21-15-20-10(6-24-15)9-3-1-2-4-19-9/h1-6,22H,(H,20,21,23). The van der Waals surface area contributed by atoms with Gasteiger partial charge in [-0.05, 0) is 18.2 Å². The van der Waals surface area contributed by atoms with Crippen LogP contribution in [0.5, 0.6) is 5.75 Å². The minimum Gasteiger partial charge on any atom is -0.505 e. The van der Waals surface area contributed by atoms with Crippen molar-refractivity contribution < 1.29 is 9.90 Å². The maximum absolute atomic E-state index is 12.4. The zero-order chi connectivity index (χ0) is 17.3. The highest BCUT2D eigenvalue weighted by Gasteiger charge is 2.22. The SMILES string of the molecule is O=C(Nc1nc(-c2ccccn2)cs1)c1c(O)c(Cl)cc(Cl)c1Cl. The van der Waals surface area contributed by atoms with Crippen molar-refractivity contribution in [2.45, 2.75) is 0 Å². The van der Waals surface area contributed by atoms with Gasteiger partial charge in [0.2, 0.25) is 0 Å². The molecule has 2 heterocycles. The molecule has 0 spiro atoms. The topological polar surface area (TPSA) is 75.1 Å². The summed E-state index contributed by atoms with van der Waals surface area (Å²) in [7, 11) is 0. The molecular weight excluding hydrogens is 393 g/mol. The van der Waals surface area contributed by atoms with Crippen molar-refractivity contribution in [1.29, 1.82) is 0 Å². The van der Waals surface area contributed by atoms with Gasteiger partial charge in [-0.3, -0.25) is 15.1 Å². The summed E-state index contributed by atoms with van der Waals surface area (Å²) in [5.41, 5.74) is 1.10. The molecule has 2 aromatic heterocycles. The van der Waals surface area contributed by atoms with E-state index in [4.69, 9.17) is 34.8 Å². The molecule has 5 nitrogen and oxygen atoms in total. The molecule has 3 rings (SSSR count). The second-order valence-corrected chi connectivity index (χ2v) is 6.64. The lowest BCUT2D eigenvalue weighted by Crippen LogP contribution is -2.13. The second-order valence-electron chi connectivity index (χ2n) is 4.58. The number of nitrogens with one attached hydrogen (secondary N) is 1. The normalized spacial score (nSPS) is 10.6. The van der Waals surface area contributed by atoms with Crippen LogP contribution in [0.15, 0.2) is 35.8 Å². The third-order valence-electron chi connectivity index (χ3n) is 3.02. The molecule has 24 heavy (non-hydrogen) atoms. The third-order valence-corrected chi connectivity index (χ3v) is 4.86. The Kier molecular flexibility index (Phi) is 4.91. The maximum atomic E-state index is 12.4. The molecule has 3 aromatic rings. The molecule has 0 saturated heterocycles. The molecule has 0 aliphatic rings. The largest absolute Gasteiger partial charge is 0.505 e. The van der Waals surface area contributed by atoms with E-state index >= 15 is 0 Å². The van der Waals surface area contributed by atoms with Crippen molar-refractivity contribution in [2.24, 2.45) is 0 Å². The summed E-state index contributed by atoms with van der Waals surface area (Å²) >= 11 is 18.9. The van der Waals surface area contributed by atoms with E-state index < -0.39 is 11.7 Å². The Morgan fingerprint density at radius 2 is 1.96 bits per heavy atom. The molecule has 0 fully saturated rings. The number of thiazole rings is 1. The third kappa shape index (κ3) is 3.32. The lowest BCUT2D eigenvalue weighted by Gasteiger charge is -2.09. The number of carbonyl (C=O) groups is 1. The van der Waals surface area contributed by atoms with Crippen LogP contribution in [0, 0.1) is 0 Å². The van der Waals surface area contributed by atoms with Crippen LogP contribution in [-0.4, -0.2) is 21.0 Å². The molecule has 122 valence electrons. The number of hydrogen-bond donors (Lipinski definition) is 2. The Bertz CT molecular complexity index is 890. The Labute approximate surface area is 155 Å². The average molecular weight is 401 g/mol. The van der Waals surface area contributed by atoms with E-state index in [2.05, 4.69) is 15.3 Å². The number of benzene rings is 1. The quantitative estimate of drug-likeness (QED) is 0.598. The Morgan fingerprint density at radius 3 is 2.67 bits per heavy atom. The van der Waals surface area contributed by atoms with Gasteiger partial charge >= 0.3 is 0 Å². The highest BCUT2D eigenvalue weighted by atomic mass is 35.5. The Morgan fingerprint density at radius 1 is 1.17 bits per heavy atom. The van der Waals surface area contributed by atoms with Crippen LogP contribution < -0.4 is 5.32 Å². The van der Waals surface area contributed by atoms with E-state index in [9.17, 15) is 9.90 Å². The fraction of sp³-hybridized carbons (Fsp3) is 0. The molecule has 0 atom stereocenters. The van der Waals surface area contributed by atoms with Crippen LogP contribution in [0.4, 0.5) is 5.13 Å². The fourth-order valence-electron chi connectivity index (χ4n) is 1.92. The summed E-state index contributed by atoms with van der Waals surface area (Å²) < 4.78 is 0. The van der Waals surface area contributed by atoms with Gasteiger partial charge in [0.15, 0.2) is 5.13 Å². The summed E-state index contributed by atoms with van der Waals surface area (Å²) in [5, 5.41) is 14.5. The van der Waals surface area contributed by atoms with Gasteiger partial charge in [0.1, 0.15) is 17.0 Å². The smallest absolute Gasteiger partial charge is 0.262 e. The van der Waals surface area contributed by atoms with Crippen molar-refractivity contribution in [3.8, 4) is 17.1 Å². The van der Waals surface area contributed by atoms with Crippen molar-refractivity contribution in [3.63, 3.8) is 0 Å². The number of rotatable bonds is 3. The van der Waals surface area contributed by atoms with Crippen LogP contribution in [0.3, 0.4) is 0 Å². The van der Waals surface area contributed by atoms with E-state index in [0.717, 1.165) is 0 Å². The van der Waals surface area contributed by atoms with Gasteiger partial charge in [0.05, 0.1) is 20.8 Å². The van der Waals surface area contributed by atoms with Gasteiger partial charge in [-0.1, -0.05) is 40.9 Å². The predicted molar refractivity (Wildman–Crippen MR) is 96.4 cm³/mol. The summed E-state index contributed by atoms with van der Waals surface area (Å²) in [5.74, 6) is -1.10. The molecule has 9 heteroatoms. The number of amides is 1. The predicted octanol–water partition coefficient (Wildman–Crippen LogP) is 5.12. The number of hydrogen-bond acceptors (Lipinski definition) is 5. The number of carbonyl (C=O) groups excluding carboxylic acids is 1. The lowest BCUT2D eigenvalue weighted by atomic mass is 10.2. The first kappa shape index (κ1) is 17.0. The molecule has 2 N–H and O–H groups in total. The first-order valence-electron chi connectivity index (χ1n) is 6.52. The van der Waals surface area contributed by atoms with Gasteiger partial charge < -0.3 is 5.11 Å². The number of nitrogens with zero attached hydrogens (tertiary/aromatic N) is 2. The van der Waals surface area contributed by atoms with Gasteiger partial charge in [-0.2, -0.15) is 0 Å². The first-order valence-corrected chi connectivity index (χ1v) is 8.53. The number of anilines is 1. The van der Waals surface area contributed by atoms with Crippen molar-refractivity contribution >= 4 is 57.2 Å². The number of pyridine rings is 1. The second kappa shape index (κ2) is 6.94.